The quantitative estimate of drug-likeness (QED) is 0.909. The van der Waals surface area contributed by atoms with Gasteiger partial charge >= 0.3 is 0 Å². The number of anilines is 1. The third-order valence-electron chi connectivity index (χ3n) is 4.41. The van der Waals surface area contributed by atoms with Crippen molar-refractivity contribution in [3.05, 3.63) is 65.0 Å². The molecule has 1 heterocycles. The molecule has 4 nitrogen and oxygen atoms in total. The van der Waals surface area contributed by atoms with Crippen LogP contribution in [0.5, 0.6) is 0 Å². The number of halogens is 1. The maximum absolute atomic E-state index is 13.5. The van der Waals surface area contributed by atoms with Gasteiger partial charge in [0.1, 0.15) is 5.82 Å². The van der Waals surface area contributed by atoms with Gasteiger partial charge < -0.3 is 10.2 Å². The highest BCUT2D eigenvalue weighted by molar-refractivity contribution is 5.95. The number of hydrogen-bond donors (Lipinski definition) is 1. The summed E-state index contributed by atoms with van der Waals surface area (Å²) in [6, 6.07) is 12.4. The van der Waals surface area contributed by atoms with Crippen molar-refractivity contribution in [1.29, 1.82) is 0 Å². The van der Waals surface area contributed by atoms with Crippen molar-refractivity contribution >= 4 is 17.5 Å². The topological polar surface area (TPSA) is 49.4 Å². The lowest BCUT2D eigenvalue weighted by atomic mass is 10.1. The SMILES string of the molecule is Cc1ccc(CNC(=O)Cc2ccc(N3CCCC3=O)cc2)cc1F. The average Bonchev–Trinajstić information content (AvgIpc) is 3.03. The molecule has 1 aliphatic rings. The fraction of sp³-hybridized carbons (Fsp3) is 0.300. The van der Waals surface area contributed by atoms with Crippen molar-refractivity contribution in [1.82, 2.24) is 5.32 Å². The zero-order chi connectivity index (χ0) is 17.8. The van der Waals surface area contributed by atoms with E-state index in [0.717, 1.165) is 29.8 Å². The molecule has 1 saturated heterocycles. The summed E-state index contributed by atoms with van der Waals surface area (Å²) in [5.74, 6) is -0.236. The van der Waals surface area contributed by atoms with Crippen LogP contribution < -0.4 is 10.2 Å². The van der Waals surface area contributed by atoms with Crippen molar-refractivity contribution in [3.8, 4) is 0 Å². The van der Waals surface area contributed by atoms with Gasteiger partial charge in [0.2, 0.25) is 11.8 Å². The molecule has 130 valence electrons. The number of rotatable bonds is 5. The summed E-state index contributed by atoms with van der Waals surface area (Å²) < 4.78 is 13.5. The molecule has 5 heteroatoms. The van der Waals surface area contributed by atoms with Gasteiger partial charge in [0.05, 0.1) is 6.42 Å². The first-order chi connectivity index (χ1) is 12.0. The molecule has 3 rings (SSSR count). The van der Waals surface area contributed by atoms with Crippen LogP contribution in [0.1, 0.15) is 29.5 Å². The molecular formula is C20H21FN2O2. The molecule has 0 spiro atoms. The Labute approximate surface area is 146 Å². The molecule has 2 aromatic carbocycles. The maximum Gasteiger partial charge on any atom is 0.227 e. The first kappa shape index (κ1) is 17.1. The van der Waals surface area contributed by atoms with Gasteiger partial charge in [-0.15, -0.1) is 0 Å². The standard InChI is InChI=1S/C20H21FN2O2/c1-14-4-5-16(11-18(14)21)13-22-19(24)12-15-6-8-17(9-7-15)23-10-2-3-20(23)25/h4-9,11H,2-3,10,12-13H2,1H3,(H,22,24). The fourth-order valence-corrected chi connectivity index (χ4v) is 2.91. The van der Waals surface area contributed by atoms with E-state index in [0.29, 0.717) is 18.5 Å². The molecule has 1 aliphatic heterocycles. The predicted molar refractivity (Wildman–Crippen MR) is 94.7 cm³/mol. The number of nitrogens with zero attached hydrogens (tertiary/aromatic N) is 1. The highest BCUT2D eigenvalue weighted by atomic mass is 19.1. The first-order valence-corrected chi connectivity index (χ1v) is 8.44. The summed E-state index contributed by atoms with van der Waals surface area (Å²) in [6.07, 6.45) is 1.74. The molecule has 0 radical (unpaired) electrons. The van der Waals surface area contributed by atoms with Crippen LogP contribution in [0.15, 0.2) is 42.5 Å². The molecule has 2 amide bonds. The lowest BCUT2D eigenvalue weighted by molar-refractivity contribution is -0.120. The van der Waals surface area contributed by atoms with E-state index in [9.17, 15) is 14.0 Å². The maximum atomic E-state index is 13.5. The van der Waals surface area contributed by atoms with E-state index < -0.39 is 0 Å². The van der Waals surface area contributed by atoms with E-state index in [1.165, 1.54) is 6.07 Å². The van der Waals surface area contributed by atoms with Crippen molar-refractivity contribution in [2.45, 2.75) is 32.7 Å². The smallest absolute Gasteiger partial charge is 0.227 e. The fourth-order valence-electron chi connectivity index (χ4n) is 2.91. The molecule has 0 atom stereocenters. The summed E-state index contributed by atoms with van der Waals surface area (Å²) in [6.45, 7) is 2.76. The second-order valence-electron chi connectivity index (χ2n) is 6.35. The van der Waals surface area contributed by atoms with Crippen LogP contribution in [0.3, 0.4) is 0 Å². The van der Waals surface area contributed by atoms with Crippen LogP contribution in [0.2, 0.25) is 0 Å². The second kappa shape index (κ2) is 7.47. The largest absolute Gasteiger partial charge is 0.352 e. The van der Waals surface area contributed by atoms with Crippen LogP contribution >= 0.6 is 0 Å². The molecule has 0 bridgehead atoms. The molecular weight excluding hydrogens is 319 g/mol. The van der Waals surface area contributed by atoms with Crippen LogP contribution in [0.4, 0.5) is 10.1 Å². The Hall–Kier alpha value is -2.69. The van der Waals surface area contributed by atoms with Gasteiger partial charge in [-0.1, -0.05) is 24.3 Å². The Morgan fingerprint density at radius 3 is 2.52 bits per heavy atom. The minimum absolute atomic E-state index is 0.119. The van der Waals surface area contributed by atoms with Gasteiger partial charge in [-0.05, 0) is 48.2 Å². The normalized spacial score (nSPS) is 14.0. The zero-order valence-electron chi connectivity index (χ0n) is 14.2. The van der Waals surface area contributed by atoms with E-state index in [1.807, 2.05) is 24.3 Å². The number of benzene rings is 2. The summed E-state index contributed by atoms with van der Waals surface area (Å²) in [5, 5.41) is 2.80. The number of amides is 2. The minimum atomic E-state index is -0.265. The first-order valence-electron chi connectivity index (χ1n) is 8.44. The zero-order valence-corrected chi connectivity index (χ0v) is 14.2. The Bertz CT molecular complexity index is 787. The Morgan fingerprint density at radius 2 is 1.88 bits per heavy atom. The van der Waals surface area contributed by atoms with Gasteiger partial charge in [-0.3, -0.25) is 9.59 Å². The van der Waals surface area contributed by atoms with Crippen molar-refractivity contribution in [2.24, 2.45) is 0 Å². The average molecular weight is 340 g/mol. The van der Waals surface area contributed by atoms with Crippen molar-refractivity contribution in [2.75, 3.05) is 11.4 Å². The summed E-state index contributed by atoms with van der Waals surface area (Å²) in [7, 11) is 0. The third-order valence-corrected chi connectivity index (χ3v) is 4.41. The predicted octanol–water partition coefficient (Wildman–Crippen LogP) is 3.12. The molecule has 0 aromatic heterocycles. The Balaban J connectivity index is 1.54. The summed E-state index contributed by atoms with van der Waals surface area (Å²) in [4.78, 5) is 25.6. The van der Waals surface area contributed by atoms with E-state index >= 15 is 0 Å². The van der Waals surface area contributed by atoms with E-state index in [4.69, 9.17) is 0 Å². The molecule has 25 heavy (non-hydrogen) atoms. The van der Waals surface area contributed by atoms with Crippen molar-refractivity contribution < 1.29 is 14.0 Å². The van der Waals surface area contributed by atoms with Crippen LogP contribution in [-0.4, -0.2) is 18.4 Å². The lowest BCUT2D eigenvalue weighted by Gasteiger charge is -2.15. The lowest BCUT2D eigenvalue weighted by Crippen LogP contribution is -2.25. The van der Waals surface area contributed by atoms with Gasteiger partial charge in [0.25, 0.3) is 0 Å². The highest BCUT2D eigenvalue weighted by Crippen LogP contribution is 2.21. The molecule has 2 aromatic rings. The van der Waals surface area contributed by atoms with Gasteiger partial charge in [0, 0.05) is 25.2 Å². The molecule has 0 unspecified atom stereocenters. The van der Waals surface area contributed by atoms with E-state index in [1.54, 1.807) is 24.0 Å². The van der Waals surface area contributed by atoms with Gasteiger partial charge in [-0.2, -0.15) is 0 Å². The van der Waals surface area contributed by atoms with Crippen LogP contribution in [-0.2, 0) is 22.6 Å². The summed E-state index contributed by atoms with van der Waals surface area (Å²) >= 11 is 0. The highest BCUT2D eigenvalue weighted by Gasteiger charge is 2.21. The van der Waals surface area contributed by atoms with Gasteiger partial charge in [-0.25, -0.2) is 4.39 Å². The molecule has 0 aliphatic carbocycles. The number of hydrogen-bond acceptors (Lipinski definition) is 2. The number of carbonyl (C=O) groups excluding carboxylic acids is 2. The molecule has 1 fully saturated rings. The van der Waals surface area contributed by atoms with Crippen LogP contribution in [0, 0.1) is 12.7 Å². The van der Waals surface area contributed by atoms with Crippen LogP contribution in [0.25, 0.3) is 0 Å². The monoisotopic (exact) mass is 340 g/mol. The second-order valence-corrected chi connectivity index (χ2v) is 6.35. The summed E-state index contributed by atoms with van der Waals surface area (Å²) in [5.41, 5.74) is 3.08. The van der Waals surface area contributed by atoms with E-state index in [2.05, 4.69) is 5.32 Å². The number of aryl methyl sites for hydroxylation is 1. The Kier molecular flexibility index (Phi) is 5.12. The number of nitrogens with one attached hydrogen (secondary N) is 1. The Morgan fingerprint density at radius 1 is 1.16 bits per heavy atom. The third kappa shape index (κ3) is 4.24. The van der Waals surface area contributed by atoms with Gasteiger partial charge in [0.15, 0.2) is 0 Å². The van der Waals surface area contributed by atoms with Crippen molar-refractivity contribution in [3.63, 3.8) is 0 Å². The molecule has 0 saturated carbocycles. The minimum Gasteiger partial charge on any atom is -0.352 e. The molecule has 1 N–H and O–H groups in total. The number of carbonyl (C=O) groups is 2. The van der Waals surface area contributed by atoms with E-state index in [-0.39, 0.29) is 24.1 Å².